The molecule has 2 spiro atoms. The minimum absolute atomic E-state index is 0.0285. The van der Waals surface area contributed by atoms with Crippen LogP contribution in [-0.2, 0) is 28.0 Å². The number of likely N-dealkylation sites (N-methyl/N-ethyl adjacent to an activating group) is 1. The van der Waals surface area contributed by atoms with Crippen LogP contribution in [-0.4, -0.2) is 74.9 Å². The summed E-state index contributed by atoms with van der Waals surface area (Å²) in [5, 5.41) is 33.4. The second kappa shape index (κ2) is 7.68. The normalized spacial score (nSPS) is 35.4. The fourth-order valence-electron chi connectivity index (χ4n) is 9.25. The average molecular weight is 543 g/mol. The topological polar surface area (TPSA) is 111 Å². The van der Waals surface area contributed by atoms with Crippen LogP contribution in [0, 0.1) is 10.8 Å². The number of fused-ring (bicyclic) bond motifs is 1. The van der Waals surface area contributed by atoms with Crippen molar-refractivity contribution in [3.8, 4) is 11.5 Å². The van der Waals surface area contributed by atoms with E-state index >= 15 is 0 Å². The molecule has 2 aromatic carbocycles. The molecule has 5 atom stereocenters. The van der Waals surface area contributed by atoms with Gasteiger partial charge in [0.15, 0.2) is 11.5 Å². The largest absolute Gasteiger partial charge is 0.504 e. The number of aliphatic carboxylic acids is 1. The number of carbonyl (C=O) groups is 2. The second-order valence-electron chi connectivity index (χ2n) is 13.1. The van der Waals surface area contributed by atoms with Gasteiger partial charge in [-0.15, -0.1) is 0 Å². The Labute approximate surface area is 232 Å². The molecule has 0 unspecified atom stereocenters. The lowest BCUT2D eigenvalue weighted by Crippen LogP contribution is -2.78. The van der Waals surface area contributed by atoms with Gasteiger partial charge in [0.05, 0.1) is 10.8 Å². The van der Waals surface area contributed by atoms with E-state index in [2.05, 4.69) is 11.0 Å². The number of phenols is 1. The van der Waals surface area contributed by atoms with Gasteiger partial charge >= 0.3 is 5.97 Å². The standard InChI is InChI=1S/C32H34N2O6/c1-33(17-19-5-3-2-4-6-19)26(36)21-16-30-11-12-32(21,39)27-31(30)13-14-34(18-29(9-10-29)28(37)38)23(30)15-20-7-8-22(35)25(40-27)24(20)31/h2-8,16,23,27,35,39H,9-15,17-18H2,1H3,(H,37,38)/t23-,27-,30-,31+,32-/m1/s1. The summed E-state index contributed by atoms with van der Waals surface area (Å²) in [7, 11) is 1.77. The predicted molar refractivity (Wildman–Crippen MR) is 145 cm³/mol. The number of ether oxygens (including phenoxy) is 1. The molecule has 40 heavy (non-hydrogen) atoms. The van der Waals surface area contributed by atoms with Crippen LogP contribution in [0.15, 0.2) is 54.1 Å². The van der Waals surface area contributed by atoms with Gasteiger partial charge < -0.3 is 25.0 Å². The SMILES string of the molecule is CN(Cc1ccccc1)C(=O)C1=C[C@@]23CC[C@]1(O)[C@@H]1Oc4c(O)ccc5c4[C@@]12CCN(CC1(C(=O)O)CC1)[C@@H]3C5. The Morgan fingerprint density at radius 3 is 2.58 bits per heavy atom. The summed E-state index contributed by atoms with van der Waals surface area (Å²) < 4.78 is 6.58. The molecule has 5 aliphatic carbocycles. The van der Waals surface area contributed by atoms with E-state index < -0.39 is 33.9 Å². The maximum Gasteiger partial charge on any atom is 0.310 e. The zero-order valence-corrected chi connectivity index (χ0v) is 22.6. The number of phenolic OH excluding ortho intramolecular Hbond substituents is 1. The van der Waals surface area contributed by atoms with Crippen LogP contribution in [0.3, 0.4) is 0 Å². The van der Waals surface area contributed by atoms with Crippen molar-refractivity contribution in [3.05, 3.63) is 70.8 Å². The van der Waals surface area contributed by atoms with Crippen molar-refractivity contribution in [1.82, 2.24) is 9.80 Å². The number of piperidine rings is 1. The Hall–Kier alpha value is -3.36. The van der Waals surface area contributed by atoms with Crippen LogP contribution >= 0.6 is 0 Å². The molecule has 8 heteroatoms. The summed E-state index contributed by atoms with van der Waals surface area (Å²) in [6, 6.07) is 13.4. The summed E-state index contributed by atoms with van der Waals surface area (Å²) in [6.07, 6.45) is 5.18. The number of carboxylic acids is 1. The van der Waals surface area contributed by atoms with Gasteiger partial charge in [0.25, 0.3) is 5.91 Å². The molecule has 2 aliphatic heterocycles. The van der Waals surface area contributed by atoms with E-state index in [1.54, 1.807) is 18.0 Å². The highest BCUT2D eigenvalue weighted by atomic mass is 16.5. The molecule has 1 amide bonds. The highest BCUT2D eigenvalue weighted by molar-refractivity contribution is 5.97. The molecule has 2 aromatic rings. The monoisotopic (exact) mass is 542 g/mol. The van der Waals surface area contributed by atoms with E-state index in [-0.39, 0.29) is 17.7 Å². The van der Waals surface area contributed by atoms with Crippen molar-refractivity contribution in [2.45, 2.75) is 68.2 Å². The number of hydrogen-bond donors (Lipinski definition) is 3. The number of hydrogen-bond acceptors (Lipinski definition) is 6. The van der Waals surface area contributed by atoms with Gasteiger partial charge in [-0.2, -0.15) is 0 Å². The Balaban J connectivity index is 1.27. The van der Waals surface area contributed by atoms with Crippen LogP contribution in [0.1, 0.15) is 48.8 Å². The van der Waals surface area contributed by atoms with E-state index in [4.69, 9.17) is 4.74 Å². The molecule has 8 nitrogen and oxygen atoms in total. The van der Waals surface area contributed by atoms with Crippen molar-refractivity contribution < 1.29 is 29.6 Å². The molecule has 3 N–H and O–H groups in total. The Morgan fingerprint density at radius 1 is 1.07 bits per heavy atom. The summed E-state index contributed by atoms with van der Waals surface area (Å²) in [4.78, 5) is 30.4. The number of likely N-dealkylation sites (tertiary alicyclic amines) is 1. The van der Waals surface area contributed by atoms with Crippen LogP contribution in [0.5, 0.6) is 11.5 Å². The molecule has 2 saturated carbocycles. The summed E-state index contributed by atoms with van der Waals surface area (Å²) in [5.41, 5.74) is 0.180. The molecule has 0 radical (unpaired) electrons. The molecule has 9 rings (SSSR count). The first-order valence-electron chi connectivity index (χ1n) is 14.4. The quantitative estimate of drug-likeness (QED) is 0.515. The van der Waals surface area contributed by atoms with Crippen LogP contribution in [0.25, 0.3) is 0 Å². The number of benzene rings is 2. The number of rotatable bonds is 6. The third kappa shape index (κ3) is 2.79. The number of carboxylic acid groups (broad SMARTS) is 1. The maximum absolute atomic E-state index is 14.1. The van der Waals surface area contributed by atoms with Crippen molar-refractivity contribution in [2.24, 2.45) is 10.8 Å². The van der Waals surface area contributed by atoms with Crippen molar-refractivity contribution in [2.75, 3.05) is 20.1 Å². The van der Waals surface area contributed by atoms with Crippen LogP contribution < -0.4 is 4.74 Å². The highest BCUT2D eigenvalue weighted by Gasteiger charge is 2.79. The van der Waals surface area contributed by atoms with Gasteiger partial charge in [0.1, 0.15) is 11.7 Å². The fourth-order valence-corrected chi connectivity index (χ4v) is 9.25. The minimum atomic E-state index is -1.49. The Kier molecular flexibility index (Phi) is 4.69. The van der Waals surface area contributed by atoms with E-state index in [1.807, 2.05) is 36.4 Å². The number of aliphatic hydroxyl groups is 1. The number of aromatic hydroxyl groups is 1. The molecule has 3 fully saturated rings. The van der Waals surface area contributed by atoms with E-state index in [0.717, 1.165) is 16.7 Å². The Morgan fingerprint density at radius 2 is 1.85 bits per heavy atom. The molecule has 208 valence electrons. The first-order chi connectivity index (χ1) is 19.2. The van der Waals surface area contributed by atoms with Crippen LogP contribution in [0.2, 0.25) is 0 Å². The fraction of sp³-hybridized carbons (Fsp3) is 0.500. The van der Waals surface area contributed by atoms with Gasteiger partial charge in [-0.05, 0) is 62.3 Å². The molecule has 7 aliphatic rings. The number of amides is 1. The molecule has 1 saturated heterocycles. The Bertz CT molecular complexity index is 1500. The lowest BCUT2D eigenvalue weighted by atomic mass is 9.38. The lowest BCUT2D eigenvalue weighted by molar-refractivity contribution is -0.190. The highest BCUT2D eigenvalue weighted by Crippen LogP contribution is 2.74. The molecular formula is C32H34N2O6. The minimum Gasteiger partial charge on any atom is -0.504 e. The first-order valence-corrected chi connectivity index (χ1v) is 14.4. The van der Waals surface area contributed by atoms with Crippen LogP contribution in [0.4, 0.5) is 0 Å². The lowest BCUT2D eigenvalue weighted by Gasteiger charge is -2.70. The molecule has 2 heterocycles. The van der Waals surface area contributed by atoms with Gasteiger partial charge in [-0.3, -0.25) is 14.5 Å². The predicted octanol–water partition coefficient (Wildman–Crippen LogP) is 3.00. The third-order valence-electron chi connectivity index (χ3n) is 11.3. The average Bonchev–Trinajstić information content (AvgIpc) is 3.64. The summed E-state index contributed by atoms with van der Waals surface area (Å²) >= 11 is 0. The second-order valence-corrected chi connectivity index (χ2v) is 13.1. The van der Waals surface area contributed by atoms with Crippen molar-refractivity contribution in [1.29, 1.82) is 0 Å². The number of carbonyl (C=O) groups excluding carboxylic acids is 1. The zero-order chi connectivity index (χ0) is 27.7. The smallest absolute Gasteiger partial charge is 0.310 e. The third-order valence-corrected chi connectivity index (χ3v) is 11.3. The van der Waals surface area contributed by atoms with Crippen molar-refractivity contribution >= 4 is 11.9 Å². The van der Waals surface area contributed by atoms with Gasteiger partial charge in [0.2, 0.25) is 0 Å². The van der Waals surface area contributed by atoms with Gasteiger partial charge in [-0.1, -0.05) is 42.5 Å². The molecule has 4 bridgehead atoms. The van der Waals surface area contributed by atoms with E-state index in [0.29, 0.717) is 69.5 Å². The summed E-state index contributed by atoms with van der Waals surface area (Å²) in [6.45, 7) is 1.60. The maximum atomic E-state index is 14.1. The number of nitrogens with zero attached hydrogens (tertiary/aromatic N) is 2. The van der Waals surface area contributed by atoms with E-state index in [9.17, 15) is 24.9 Å². The van der Waals surface area contributed by atoms with Crippen molar-refractivity contribution in [3.63, 3.8) is 0 Å². The molecular weight excluding hydrogens is 508 g/mol. The molecule has 0 aromatic heterocycles. The zero-order valence-electron chi connectivity index (χ0n) is 22.6. The van der Waals surface area contributed by atoms with E-state index in [1.165, 1.54) is 0 Å². The summed E-state index contributed by atoms with van der Waals surface area (Å²) in [5.74, 6) is -0.434. The van der Waals surface area contributed by atoms with Gasteiger partial charge in [0, 0.05) is 42.7 Å². The first kappa shape index (κ1) is 24.4. The van der Waals surface area contributed by atoms with Gasteiger partial charge in [-0.25, -0.2) is 0 Å².